The molecule has 104 valence electrons. The molecule has 0 spiro atoms. The van der Waals surface area contributed by atoms with Gasteiger partial charge in [-0.1, -0.05) is 6.07 Å². The summed E-state index contributed by atoms with van der Waals surface area (Å²) in [6.45, 7) is 0. The zero-order valence-electron chi connectivity index (χ0n) is 10.5. The number of hydrogen-bond acceptors (Lipinski definition) is 5. The third-order valence-corrected chi connectivity index (χ3v) is 2.80. The number of nitrogens with two attached hydrogens (primary N) is 1. The topological polar surface area (TPSA) is 113 Å². The number of imidazole rings is 1. The second kappa shape index (κ2) is 5.70. The summed E-state index contributed by atoms with van der Waals surface area (Å²) in [5.41, 5.74) is 6.99. The standard InChI is InChI=1S/C12H12N6O.ClH/c13-12-17-10-9(11(19)18-12)15-8(16-10)4-3-7-2-1-5-14-6-7;/h1-2,5-6H,3-4H2,(H4,13,15,16,17,18,19);1H. The SMILES string of the molecule is Cl.Nc1nc2nc(CCc3cccnc3)[nH]c2c(=O)[nH]1. The van der Waals surface area contributed by atoms with Crippen LogP contribution in [0, 0.1) is 0 Å². The smallest absolute Gasteiger partial charge is 0.278 e. The van der Waals surface area contributed by atoms with Crippen molar-refractivity contribution in [2.75, 3.05) is 5.73 Å². The number of hydrogen-bond donors (Lipinski definition) is 3. The van der Waals surface area contributed by atoms with Crippen molar-refractivity contribution in [1.29, 1.82) is 0 Å². The first kappa shape index (κ1) is 14.0. The number of aryl methyl sites for hydroxylation is 2. The Kier molecular flexibility index (Phi) is 3.99. The summed E-state index contributed by atoms with van der Waals surface area (Å²) in [6, 6.07) is 3.89. The Hall–Kier alpha value is -2.41. The van der Waals surface area contributed by atoms with Crippen LogP contribution in [0.1, 0.15) is 11.4 Å². The van der Waals surface area contributed by atoms with Crippen LogP contribution in [0.4, 0.5) is 5.95 Å². The molecular formula is C12H13ClN6O. The second-order valence-corrected chi connectivity index (χ2v) is 4.19. The fourth-order valence-electron chi connectivity index (χ4n) is 1.90. The van der Waals surface area contributed by atoms with E-state index >= 15 is 0 Å². The van der Waals surface area contributed by atoms with Gasteiger partial charge in [-0.25, -0.2) is 4.98 Å². The highest BCUT2D eigenvalue weighted by Crippen LogP contribution is 2.08. The maximum absolute atomic E-state index is 11.6. The highest BCUT2D eigenvalue weighted by Gasteiger charge is 2.08. The lowest BCUT2D eigenvalue weighted by Gasteiger charge is -1.97. The molecular weight excluding hydrogens is 280 g/mol. The molecule has 3 rings (SSSR count). The number of nitrogens with one attached hydrogen (secondary N) is 2. The van der Waals surface area contributed by atoms with Gasteiger partial charge in [0, 0.05) is 18.8 Å². The highest BCUT2D eigenvalue weighted by molar-refractivity contribution is 5.85. The van der Waals surface area contributed by atoms with Crippen LogP contribution in [0.2, 0.25) is 0 Å². The van der Waals surface area contributed by atoms with E-state index in [9.17, 15) is 4.79 Å². The molecule has 7 nitrogen and oxygen atoms in total. The number of rotatable bonds is 3. The monoisotopic (exact) mass is 292 g/mol. The van der Waals surface area contributed by atoms with Crippen LogP contribution in [-0.4, -0.2) is 24.9 Å². The lowest BCUT2D eigenvalue weighted by atomic mass is 10.1. The molecule has 0 aliphatic heterocycles. The molecule has 0 unspecified atom stereocenters. The number of pyridine rings is 1. The van der Waals surface area contributed by atoms with Crippen LogP contribution in [0.3, 0.4) is 0 Å². The van der Waals surface area contributed by atoms with E-state index in [1.54, 1.807) is 6.20 Å². The zero-order chi connectivity index (χ0) is 13.2. The van der Waals surface area contributed by atoms with E-state index in [1.165, 1.54) is 0 Å². The maximum Gasteiger partial charge on any atom is 0.278 e. The Labute approximate surface area is 120 Å². The number of H-pyrrole nitrogens is 2. The van der Waals surface area contributed by atoms with Gasteiger partial charge in [0.1, 0.15) is 5.82 Å². The predicted molar refractivity (Wildman–Crippen MR) is 77.8 cm³/mol. The summed E-state index contributed by atoms with van der Waals surface area (Å²) in [4.78, 5) is 29.3. The van der Waals surface area contributed by atoms with Gasteiger partial charge in [-0.3, -0.25) is 14.8 Å². The van der Waals surface area contributed by atoms with Gasteiger partial charge in [0.15, 0.2) is 11.2 Å². The molecule has 8 heteroatoms. The van der Waals surface area contributed by atoms with Crippen LogP contribution in [0.15, 0.2) is 29.3 Å². The summed E-state index contributed by atoms with van der Waals surface area (Å²) in [5, 5.41) is 0. The summed E-state index contributed by atoms with van der Waals surface area (Å²) in [7, 11) is 0. The van der Waals surface area contributed by atoms with Gasteiger partial charge in [-0.05, 0) is 18.1 Å². The van der Waals surface area contributed by atoms with Gasteiger partial charge in [0.2, 0.25) is 5.95 Å². The Bertz CT molecular complexity index is 766. The number of fused-ring (bicyclic) bond motifs is 1. The first-order chi connectivity index (χ1) is 9.22. The van der Waals surface area contributed by atoms with Crippen LogP contribution in [0.25, 0.3) is 11.2 Å². The minimum Gasteiger partial charge on any atom is -0.369 e. The van der Waals surface area contributed by atoms with E-state index in [-0.39, 0.29) is 23.9 Å². The largest absolute Gasteiger partial charge is 0.369 e. The molecule has 3 aromatic heterocycles. The fraction of sp³-hybridized carbons (Fsp3) is 0.167. The van der Waals surface area contributed by atoms with Crippen LogP contribution in [-0.2, 0) is 12.8 Å². The summed E-state index contributed by atoms with van der Waals surface area (Å²) < 4.78 is 0. The van der Waals surface area contributed by atoms with Crippen LogP contribution >= 0.6 is 12.4 Å². The van der Waals surface area contributed by atoms with Gasteiger partial charge < -0.3 is 10.7 Å². The van der Waals surface area contributed by atoms with Crippen molar-refractivity contribution in [2.45, 2.75) is 12.8 Å². The number of aromatic nitrogens is 5. The molecule has 0 amide bonds. The molecule has 0 saturated carbocycles. The number of halogens is 1. The lowest BCUT2D eigenvalue weighted by molar-refractivity contribution is 0.883. The van der Waals surface area contributed by atoms with E-state index in [1.807, 2.05) is 18.3 Å². The second-order valence-electron chi connectivity index (χ2n) is 4.19. The third kappa shape index (κ3) is 2.77. The molecule has 4 N–H and O–H groups in total. The summed E-state index contributed by atoms with van der Waals surface area (Å²) in [5.74, 6) is 0.783. The van der Waals surface area contributed by atoms with E-state index in [0.717, 1.165) is 12.0 Å². The molecule has 0 atom stereocenters. The van der Waals surface area contributed by atoms with Crippen LogP contribution < -0.4 is 11.3 Å². The van der Waals surface area contributed by atoms with Crippen molar-refractivity contribution in [3.05, 3.63) is 46.3 Å². The molecule has 3 aromatic rings. The molecule has 20 heavy (non-hydrogen) atoms. The number of anilines is 1. The molecule has 0 aliphatic carbocycles. The fourth-order valence-corrected chi connectivity index (χ4v) is 1.90. The molecule has 0 aromatic carbocycles. The number of aromatic amines is 2. The van der Waals surface area contributed by atoms with E-state index in [4.69, 9.17) is 5.73 Å². The molecule has 0 radical (unpaired) electrons. The van der Waals surface area contributed by atoms with Crippen molar-refractivity contribution in [1.82, 2.24) is 24.9 Å². The Morgan fingerprint density at radius 2 is 2.05 bits per heavy atom. The van der Waals surface area contributed by atoms with Gasteiger partial charge in [-0.2, -0.15) is 4.98 Å². The minimum absolute atomic E-state index is 0. The van der Waals surface area contributed by atoms with Gasteiger partial charge in [0.05, 0.1) is 0 Å². The van der Waals surface area contributed by atoms with E-state index in [2.05, 4.69) is 24.9 Å². The third-order valence-electron chi connectivity index (χ3n) is 2.80. The molecule has 0 bridgehead atoms. The quantitative estimate of drug-likeness (QED) is 0.661. The first-order valence-corrected chi connectivity index (χ1v) is 5.85. The average molecular weight is 293 g/mol. The van der Waals surface area contributed by atoms with Gasteiger partial charge >= 0.3 is 0 Å². The molecule has 3 heterocycles. The highest BCUT2D eigenvalue weighted by atomic mass is 35.5. The Morgan fingerprint density at radius 3 is 2.80 bits per heavy atom. The molecule has 0 saturated heterocycles. The Balaban J connectivity index is 0.00000147. The predicted octanol–water partition coefficient (Wildman–Crippen LogP) is 0.830. The first-order valence-electron chi connectivity index (χ1n) is 5.85. The maximum atomic E-state index is 11.6. The van der Waals surface area contributed by atoms with E-state index in [0.29, 0.717) is 23.4 Å². The minimum atomic E-state index is -0.303. The zero-order valence-corrected chi connectivity index (χ0v) is 11.3. The normalized spacial score (nSPS) is 10.4. The number of nitrogens with zero attached hydrogens (tertiary/aromatic N) is 3. The van der Waals surface area contributed by atoms with Crippen molar-refractivity contribution < 1.29 is 0 Å². The van der Waals surface area contributed by atoms with Crippen molar-refractivity contribution in [3.63, 3.8) is 0 Å². The lowest BCUT2D eigenvalue weighted by Crippen LogP contribution is -2.10. The molecule has 0 aliphatic rings. The van der Waals surface area contributed by atoms with Crippen molar-refractivity contribution in [3.8, 4) is 0 Å². The van der Waals surface area contributed by atoms with Gasteiger partial charge in [-0.15, -0.1) is 12.4 Å². The molecule has 0 fully saturated rings. The van der Waals surface area contributed by atoms with Crippen molar-refractivity contribution >= 4 is 29.5 Å². The van der Waals surface area contributed by atoms with E-state index < -0.39 is 0 Å². The number of nitrogen functional groups attached to an aromatic ring is 1. The summed E-state index contributed by atoms with van der Waals surface area (Å²) in [6.07, 6.45) is 5.02. The Morgan fingerprint density at radius 1 is 1.20 bits per heavy atom. The summed E-state index contributed by atoms with van der Waals surface area (Å²) >= 11 is 0. The average Bonchev–Trinajstić information content (AvgIpc) is 2.81. The van der Waals surface area contributed by atoms with Gasteiger partial charge in [0.25, 0.3) is 5.56 Å². The van der Waals surface area contributed by atoms with Crippen molar-refractivity contribution in [2.24, 2.45) is 0 Å². The van der Waals surface area contributed by atoms with Crippen LogP contribution in [0.5, 0.6) is 0 Å².